The molecule has 4 N–H and O–H groups in total. The van der Waals surface area contributed by atoms with Crippen LogP contribution in [0.2, 0.25) is 0 Å². The van der Waals surface area contributed by atoms with Crippen molar-refractivity contribution in [2.75, 3.05) is 23.9 Å². The van der Waals surface area contributed by atoms with Crippen LogP contribution in [0.3, 0.4) is 0 Å². The number of pyridine rings is 1. The maximum absolute atomic E-state index is 11.2. The fourth-order valence-corrected chi connectivity index (χ4v) is 2.56. The quantitative estimate of drug-likeness (QED) is 0.733. The number of sulfonamides is 1. The van der Waals surface area contributed by atoms with Crippen LogP contribution >= 0.6 is 0 Å². The van der Waals surface area contributed by atoms with Gasteiger partial charge in [-0.05, 0) is 26.3 Å². The minimum Gasteiger partial charge on any atom is -0.398 e. The van der Waals surface area contributed by atoms with Crippen LogP contribution in [-0.4, -0.2) is 31.7 Å². The molecule has 0 spiro atoms. The van der Waals surface area contributed by atoms with Gasteiger partial charge < -0.3 is 11.1 Å². The number of nitrogens with two attached hydrogens (primary N) is 1. The summed E-state index contributed by atoms with van der Waals surface area (Å²) in [4.78, 5) is 4.17. The van der Waals surface area contributed by atoms with Gasteiger partial charge in [0, 0.05) is 30.0 Å². The molecule has 0 aliphatic heterocycles. The SMILES string of the molecule is Cc1cnc(NCC(C)(C)NS(C)(=O)=O)cc1N. The van der Waals surface area contributed by atoms with Crippen molar-refractivity contribution in [2.45, 2.75) is 26.3 Å². The van der Waals surface area contributed by atoms with E-state index in [2.05, 4.69) is 15.0 Å². The summed E-state index contributed by atoms with van der Waals surface area (Å²) in [5.41, 5.74) is 6.73. The average molecular weight is 272 g/mol. The second-order valence-electron chi connectivity index (χ2n) is 5.04. The molecule has 0 aliphatic rings. The molecule has 0 fully saturated rings. The first-order valence-electron chi connectivity index (χ1n) is 5.54. The first kappa shape index (κ1) is 14.7. The van der Waals surface area contributed by atoms with Crippen molar-refractivity contribution in [3.63, 3.8) is 0 Å². The summed E-state index contributed by atoms with van der Waals surface area (Å²) in [6, 6.07) is 1.73. The lowest BCUT2D eigenvalue weighted by molar-refractivity contribution is 0.476. The molecular formula is C11H20N4O2S. The van der Waals surface area contributed by atoms with Crippen molar-refractivity contribution >= 4 is 21.5 Å². The molecule has 0 atom stereocenters. The van der Waals surface area contributed by atoms with Crippen LogP contribution in [0.5, 0.6) is 0 Å². The van der Waals surface area contributed by atoms with Gasteiger partial charge in [0.25, 0.3) is 0 Å². The van der Waals surface area contributed by atoms with E-state index in [1.807, 2.05) is 6.92 Å². The first-order chi connectivity index (χ1) is 8.09. The molecule has 102 valence electrons. The van der Waals surface area contributed by atoms with E-state index >= 15 is 0 Å². The summed E-state index contributed by atoms with van der Waals surface area (Å²) in [5.74, 6) is 0.626. The van der Waals surface area contributed by atoms with Gasteiger partial charge in [-0.3, -0.25) is 0 Å². The smallest absolute Gasteiger partial charge is 0.209 e. The summed E-state index contributed by atoms with van der Waals surface area (Å²) in [6.45, 7) is 5.87. The zero-order valence-corrected chi connectivity index (χ0v) is 11.9. The van der Waals surface area contributed by atoms with Crippen molar-refractivity contribution in [3.05, 3.63) is 17.8 Å². The Morgan fingerprint density at radius 1 is 1.44 bits per heavy atom. The topological polar surface area (TPSA) is 97.1 Å². The predicted octanol–water partition coefficient (Wildman–Crippen LogP) is 0.712. The van der Waals surface area contributed by atoms with Gasteiger partial charge >= 0.3 is 0 Å². The lowest BCUT2D eigenvalue weighted by Gasteiger charge is -2.25. The highest BCUT2D eigenvalue weighted by molar-refractivity contribution is 7.88. The second-order valence-corrected chi connectivity index (χ2v) is 6.79. The molecule has 1 rings (SSSR count). The van der Waals surface area contributed by atoms with Crippen LogP contribution < -0.4 is 15.8 Å². The van der Waals surface area contributed by atoms with Gasteiger partial charge in [0.2, 0.25) is 10.0 Å². The molecule has 0 aromatic carbocycles. The van der Waals surface area contributed by atoms with Crippen molar-refractivity contribution in [1.29, 1.82) is 0 Å². The molecule has 1 aromatic heterocycles. The van der Waals surface area contributed by atoms with Crippen LogP contribution in [0.1, 0.15) is 19.4 Å². The summed E-state index contributed by atoms with van der Waals surface area (Å²) in [7, 11) is -3.24. The number of aromatic nitrogens is 1. The van der Waals surface area contributed by atoms with Gasteiger partial charge in [0.15, 0.2) is 0 Å². The van der Waals surface area contributed by atoms with E-state index in [1.165, 1.54) is 0 Å². The van der Waals surface area contributed by atoms with E-state index in [-0.39, 0.29) is 0 Å². The molecule has 6 nitrogen and oxygen atoms in total. The van der Waals surface area contributed by atoms with Crippen LogP contribution in [0.15, 0.2) is 12.3 Å². The Balaban J connectivity index is 2.67. The maximum Gasteiger partial charge on any atom is 0.209 e. The van der Waals surface area contributed by atoms with Gasteiger partial charge in [0.1, 0.15) is 5.82 Å². The highest BCUT2D eigenvalue weighted by Crippen LogP contribution is 2.14. The highest BCUT2D eigenvalue weighted by atomic mass is 32.2. The number of rotatable bonds is 5. The Labute approximate surface area is 108 Å². The van der Waals surface area contributed by atoms with Gasteiger partial charge in [-0.2, -0.15) is 0 Å². The summed E-state index contributed by atoms with van der Waals surface area (Å²) in [5, 5.41) is 3.06. The summed E-state index contributed by atoms with van der Waals surface area (Å²) >= 11 is 0. The first-order valence-corrected chi connectivity index (χ1v) is 7.43. The van der Waals surface area contributed by atoms with Gasteiger partial charge in [-0.1, -0.05) is 0 Å². The second kappa shape index (κ2) is 5.11. The standard InChI is InChI=1S/C11H20N4O2S/c1-8-6-13-10(5-9(8)12)14-7-11(2,3)15-18(4,16)17/h5-6,15H,7H2,1-4H3,(H3,12,13,14). The third kappa shape index (κ3) is 4.89. The molecular weight excluding hydrogens is 252 g/mol. The van der Waals surface area contributed by atoms with Crippen LogP contribution in [0.25, 0.3) is 0 Å². The number of aryl methyl sites for hydroxylation is 1. The molecule has 7 heteroatoms. The molecule has 0 unspecified atom stereocenters. The Morgan fingerprint density at radius 2 is 2.06 bits per heavy atom. The van der Waals surface area contributed by atoms with Crippen LogP contribution in [0, 0.1) is 6.92 Å². The van der Waals surface area contributed by atoms with Crippen molar-refractivity contribution in [2.24, 2.45) is 0 Å². The maximum atomic E-state index is 11.2. The van der Waals surface area contributed by atoms with E-state index < -0.39 is 15.6 Å². The number of hydrogen-bond donors (Lipinski definition) is 3. The molecule has 18 heavy (non-hydrogen) atoms. The molecule has 1 aromatic rings. The molecule has 0 saturated heterocycles. The summed E-state index contributed by atoms with van der Waals surface area (Å²) in [6.07, 6.45) is 2.81. The number of anilines is 2. The molecule has 0 aliphatic carbocycles. The molecule has 0 bridgehead atoms. The predicted molar refractivity (Wildman–Crippen MR) is 73.9 cm³/mol. The zero-order chi connectivity index (χ0) is 14.0. The fraction of sp³-hybridized carbons (Fsp3) is 0.545. The van der Waals surface area contributed by atoms with Crippen molar-refractivity contribution in [1.82, 2.24) is 9.71 Å². The normalized spacial score (nSPS) is 12.4. The van der Waals surface area contributed by atoms with Gasteiger partial charge in [0.05, 0.1) is 6.26 Å². The largest absolute Gasteiger partial charge is 0.398 e. The van der Waals surface area contributed by atoms with Crippen molar-refractivity contribution in [3.8, 4) is 0 Å². The third-order valence-electron chi connectivity index (χ3n) is 2.32. The average Bonchev–Trinajstić information content (AvgIpc) is 2.16. The molecule has 0 saturated carbocycles. The molecule has 1 heterocycles. The number of nitrogen functional groups attached to an aromatic ring is 1. The Morgan fingerprint density at radius 3 is 2.56 bits per heavy atom. The minimum absolute atomic E-state index is 0.412. The van der Waals surface area contributed by atoms with E-state index in [0.717, 1.165) is 11.8 Å². The number of nitrogens with one attached hydrogen (secondary N) is 2. The Kier molecular flexibility index (Phi) is 4.18. The van der Waals surface area contributed by atoms with E-state index in [1.54, 1.807) is 26.1 Å². The third-order valence-corrected chi connectivity index (χ3v) is 3.24. The van der Waals surface area contributed by atoms with Gasteiger partial charge in [-0.25, -0.2) is 18.1 Å². The van der Waals surface area contributed by atoms with Gasteiger partial charge in [-0.15, -0.1) is 0 Å². The number of nitrogens with zero attached hydrogens (tertiary/aromatic N) is 1. The van der Waals surface area contributed by atoms with E-state index in [4.69, 9.17) is 5.73 Å². The monoisotopic (exact) mass is 272 g/mol. The fourth-order valence-electron chi connectivity index (χ4n) is 1.49. The molecule has 0 radical (unpaired) electrons. The zero-order valence-electron chi connectivity index (χ0n) is 11.1. The van der Waals surface area contributed by atoms with E-state index in [9.17, 15) is 8.42 Å². The van der Waals surface area contributed by atoms with Crippen molar-refractivity contribution < 1.29 is 8.42 Å². The minimum atomic E-state index is -3.24. The van der Waals surface area contributed by atoms with Crippen LogP contribution in [-0.2, 0) is 10.0 Å². The summed E-state index contributed by atoms with van der Waals surface area (Å²) < 4.78 is 24.9. The van der Waals surface area contributed by atoms with Crippen LogP contribution in [0.4, 0.5) is 11.5 Å². The lowest BCUT2D eigenvalue weighted by atomic mass is 10.1. The Hall–Kier alpha value is -1.34. The number of hydrogen-bond acceptors (Lipinski definition) is 5. The van der Waals surface area contributed by atoms with E-state index in [0.29, 0.717) is 18.1 Å². The Bertz CT molecular complexity index is 526. The molecule has 0 amide bonds. The highest BCUT2D eigenvalue weighted by Gasteiger charge is 2.21. The lowest BCUT2D eigenvalue weighted by Crippen LogP contribution is -2.47.